The standard InChI is InChI=1S/C28H27N5O6S/c34-27(30-19-17-29(18-20-30)16-6-9-22-7-2-1-3-8-22)21-31-25-10-4-5-11-26(25)32(28(31)35)40(38,39)24-14-12-23(13-15-24)33(36)37/h1-15H,16-21H2/b9-6+. The maximum atomic E-state index is 13.4. The van der Waals surface area contributed by atoms with Crippen molar-refractivity contribution in [1.29, 1.82) is 0 Å². The van der Waals surface area contributed by atoms with Crippen LogP contribution in [-0.2, 0) is 21.4 Å². The summed E-state index contributed by atoms with van der Waals surface area (Å²) in [6, 6.07) is 20.6. The Kier molecular flexibility index (Phi) is 7.63. The number of nitrogens with zero attached hydrogens (tertiary/aromatic N) is 5. The van der Waals surface area contributed by atoms with E-state index in [4.69, 9.17) is 0 Å². The van der Waals surface area contributed by atoms with Gasteiger partial charge in [0, 0.05) is 44.9 Å². The number of amides is 1. The number of hydrogen-bond donors (Lipinski definition) is 0. The number of non-ortho nitro benzene ring substituents is 1. The largest absolute Gasteiger partial charge is 0.343 e. The van der Waals surface area contributed by atoms with Crippen LogP contribution in [0.4, 0.5) is 5.69 Å². The Balaban J connectivity index is 1.32. The number of carbonyl (C=O) groups excluding carboxylic acids is 1. The molecular weight excluding hydrogens is 534 g/mol. The zero-order chi connectivity index (χ0) is 28.3. The molecule has 2 heterocycles. The predicted molar refractivity (Wildman–Crippen MR) is 150 cm³/mol. The highest BCUT2D eigenvalue weighted by Gasteiger charge is 2.28. The highest BCUT2D eigenvalue weighted by Crippen LogP contribution is 2.22. The van der Waals surface area contributed by atoms with Crippen molar-refractivity contribution in [2.75, 3.05) is 32.7 Å². The molecular formula is C28H27N5O6S. The summed E-state index contributed by atoms with van der Waals surface area (Å²) < 4.78 is 28.7. The van der Waals surface area contributed by atoms with Crippen LogP contribution in [0.25, 0.3) is 17.1 Å². The second-order valence-electron chi connectivity index (χ2n) is 9.37. The average Bonchev–Trinajstić information content (AvgIpc) is 3.25. The van der Waals surface area contributed by atoms with E-state index in [-0.39, 0.29) is 28.6 Å². The van der Waals surface area contributed by atoms with E-state index in [0.29, 0.717) is 35.7 Å². The van der Waals surface area contributed by atoms with E-state index < -0.39 is 20.6 Å². The van der Waals surface area contributed by atoms with Gasteiger partial charge in [0.15, 0.2) is 0 Å². The molecule has 0 atom stereocenters. The third kappa shape index (κ3) is 5.44. The zero-order valence-electron chi connectivity index (χ0n) is 21.5. The van der Waals surface area contributed by atoms with E-state index in [1.807, 2.05) is 30.3 Å². The monoisotopic (exact) mass is 561 g/mol. The van der Waals surface area contributed by atoms with Gasteiger partial charge in [-0.2, -0.15) is 3.97 Å². The van der Waals surface area contributed by atoms with Gasteiger partial charge in [-0.1, -0.05) is 54.6 Å². The minimum Gasteiger partial charge on any atom is -0.339 e. The number of nitro groups is 1. The van der Waals surface area contributed by atoms with Crippen molar-refractivity contribution in [2.45, 2.75) is 11.4 Å². The van der Waals surface area contributed by atoms with Crippen LogP contribution in [0.5, 0.6) is 0 Å². The van der Waals surface area contributed by atoms with Crippen molar-refractivity contribution < 1.29 is 18.1 Å². The molecule has 1 aliphatic rings. The molecule has 0 radical (unpaired) electrons. The maximum Gasteiger partial charge on any atom is 0.343 e. The van der Waals surface area contributed by atoms with Crippen LogP contribution in [-0.4, -0.2) is 70.3 Å². The number of hydrogen-bond acceptors (Lipinski definition) is 7. The number of fused-ring (bicyclic) bond motifs is 1. The highest BCUT2D eigenvalue weighted by atomic mass is 32.2. The number of nitro benzene ring substituents is 1. The van der Waals surface area contributed by atoms with Crippen LogP contribution in [0, 0.1) is 10.1 Å². The maximum absolute atomic E-state index is 13.4. The minimum absolute atomic E-state index is 0.119. The molecule has 1 fully saturated rings. The number of carbonyl (C=O) groups is 1. The summed E-state index contributed by atoms with van der Waals surface area (Å²) in [7, 11) is -4.39. The molecule has 0 bridgehead atoms. The van der Waals surface area contributed by atoms with E-state index in [9.17, 15) is 28.1 Å². The van der Waals surface area contributed by atoms with Crippen molar-refractivity contribution in [2.24, 2.45) is 0 Å². The number of imidazole rings is 1. The first-order valence-corrected chi connectivity index (χ1v) is 14.1. The summed E-state index contributed by atoms with van der Waals surface area (Å²) >= 11 is 0. The third-order valence-corrected chi connectivity index (χ3v) is 8.58. The molecule has 3 aromatic carbocycles. The summed E-state index contributed by atoms with van der Waals surface area (Å²) in [5.41, 5.74) is 0.394. The topological polar surface area (TPSA) is 128 Å². The van der Waals surface area contributed by atoms with Gasteiger partial charge in [0.2, 0.25) is 5.91 Å². The van der Waals surface area contributed by atoms with Crippen LogP contribution < -0.4 is 5.69 Å². The summed E-state index contributed by atoms with van der Waals surface area (Å²) in [5, 5.41) is 11.0. The highest BCUT2D eigenvalue weighted by molar-refractivity contribution is 7.90. The van der Waals surface area contributed by atoms with Gasteiger partial charge in [0.05, 0.1) is 20.9 Å². The first-order chi connectivity index (χ1) is 19.3. The Bertz CT molecular complexity index is 1740. The SMILES string of the molecule is O=C(Cn1c(=O)n(S(=O)(=O)c2ccc([N+](=O)[O-])cc2)c2ccccc21)N1CCN(C/C=C/c2ccccc2)CC1. The fourth-order valence-electron chi connectivity index (χ4n) is 4.73. The van der Waals surface area contributed by atoms with E-state index >= 15 is 0 Å². The summed E-state index contributed by atoms with van der Waals surface area (Å²) in [6.07, 6.45) is 4.15. The number of piperazine rings is 1. The van der Waals surface area contributed by atoms with Gasteiger partial charge in [-0.3, -0.25) is 24.4 Å². The molecule has 4 aromatic rings. The number of benzene rings is 3. The molecule has 206 valence electrons. The summed E-state index contributed by atoms with van der Waals surface area (Å²) in [5.74, 6) is -0.280. The lowest BCUT2D eigenvalue weighted by Crippen LogP contribution is -2.50. The Morgan fingerprint density at radius 3 is 2.15 bits per heavy atom. The third-order valence-electron chi connectivity index (χ3n) is 6.87. The molecule has 0 aliphatic carbocycles. The van der Waals surface area contributed by atoms with Gasteiger partial charge >= 0.3 is 5.69 Å². The molecule has 1 amide bonds. The van der Waals surface area contributed by atoms with Crippen LogP contribution in [0.1, 0.15) is 5.56 Å². The van der Waals surface area contributed by atoms with Crippen molar-refractivity contribution in [1.82, 2.24) is 18.3 Å². The lowest BCUT2D eigenvalue weighted by atomic mass is 10.2. The fraction of sp³-hybridized carbons (Fsp3) is 0.214. The van der Waals surface area contributed by atoms with Crippen molar-refractivity contribution in [3.63, 3.8) is 0 Å². The molecule has 0 N–H and O–H groups in total. The Hall–Kier alpha value is -4.55. The molecule has 11 nitrogen and oxygen atoms in total. The zero-order valence-corrected chi connectivity index (χ0v) is 22.3. The number of rotatable bonds is 8. The van der Waals surface area contributed by atoms with Gasteiger partial charge in [-0.05, 0) is 29.8 Å². The van der Waals surface area contributed by atoms with Gasteiger partial charge in [-0.15, -0.1) is 0 Å². The Labute approximate surface area is 230 Å². The first kappa shape index (κ1) is 27.0. The fourth-order valence-corrected chi connectivity index (χ4v) is 6.14. The molecule has 0 saturated carbocycles. The smallest absolute Gasteiger partial charge is 0.339 e. The quantitative estimate of drug-likeness (QED) is 0.239. The lowest BCUT2D eigenvalue weighted by Gasteiger charge is -2.34. The van der Waals surface area contributed by atoms with Crippen molar-refractivity contribution in [3.05, 3.63) is 111 Å². The predicted octanol–water partition coefficient (Wildman–Crippen LogP) is 2.81. The average molecular weight is 562 g/mol. The number of para-hydroxylation sites is 2. The Morgan fingerprint density at radius 2 is 1.50 bits per heavy atom. The van der Waals surface area contributed by atoms with Gasteiger partial charge in [0.25, 0.3) is 15.7 Å². The van der Waals surface area contributed by atoms with Crippen molar-refractivity contribution >= 4 is 38.7 Å². The van der Waals surface area contributed by atoms with Crippen LogP contribution >= 0.6 is 0 Å². The molecule has 1 aromatic heterocycles. The minimum atomic E-state index is -4.39. The molecule has 0 unspecified atom stereocenters. The van der Waals surface area contributed by atoms with E-state index in [2.05, 4.69) is 17.1 Å². The summed E-state index contributed by atoms with van der Waals surface area (Å²) in [4.78, 5) is 40.6. The number of aromatic nitrogens is 2. The van der Waals surface area contributed by atoms with Crippen LogP contribution in [0.2, 0.25) is 0 Å². The van der Waals surface area contributed by atoms with Gasteiger partial charge in [-0.25, -0.2) is 13.2 Å². The molecule has 0 spiro atoms. The second kappa shape index (κ2) is 11.3. The molecule has 1 saturated heterocycles. The van der Waals surface area contributed by atoms with Crippen molar-refractivity contribution in [3.8, 4) is 0 Å². The van der Waals surface area contributed by atoms with Crippen LogP contribution in [0.15, 0.2) is 94.6 Å². The summed E-state index contributed by atoms with van der Waals surface area (Å²) in [6.45, 7) is 2.78. The molecule has 5 rings (SSSR count). The first-order valence-electron chi connectivity index (χ1n) is 12.7. The lowest BCUT2D eigenvalue weighted by molar-refractivity contribution is -0.384. The second-order valence-corrected chi connectivity index (χ2v) is 11.2. The Morgan fingerprint density at radius 1 is 0.875 bits per heavy atom. The van der Waals surface area contributed by atoms with Crippen LogP contribution in [0.3, 0.4) is 0 Å². The van der Waals surface area contributed by atoms with E-state index in [1.165, 1.54) is 6.07 Å². The molecule has 1 aliphatic heterocycles. The molecule has 40 heavy (non-hydrogen) atoms. The van der Waals surface area contributed by atoms with Gasteiger partial charge < -0.3 is 4.90 Å². The normalized spacial score (nSPS) is 14.7. The van der Waals surface area contributed by atoms with E-state index in [1.54, 1.807) is 23.1 Å². The van der Waals surface area contributed by atoms with E-state index in [0.717, 1.165) is 40.9 Å². The molecule has 12 heteroatoms. The van der Waals surface area contributed by atoms with Gasteiger partial charge in [0.1, 0.15) is 6.54 Å².